The second kappa shape index (κ2) is 3.87. The monoisotopic (exact) mass is 198 g/mol. The van der Waals surface area contributed by atoms with Crippen LogP contribution in [-0.4, -0.2) is 31.2 Å². The van der Waals surface area contributed by atoms with E-state index in [-0.39, 0.29) is 17.9 Å². The Morgan fingerprint density at radius 2 is 2.21 bits per heavy atom. The minimum absolute atomic E-state index is 0.0643. The first-order valence-corrected chi connectivity index (χ1v) is 5.32. The molecule has 1 amide bonds. The predicted molar refractivity (Wildman–Crippen MR) is 52.6 cm³/mol. The summed E-state index contributed by atoms with van der Waals surface area (Å²) in [4.78, 5) is 11.7. The van der Waals surface area contributed by atoms with E-state index in [0.29, 0.717) is 25.2 Å². The topological polar surface area (TPSA) is 64.3 Å². The first-order valence-electron chi connectivity index (χ1n) is 5.32. The van der Waals surface area contributed by atoms with E-state index in [2.05, 4.69) is 12.2 Å². The van der Waals surface area contributed by atoms with Gasteiger partial charge >= 0.3 is 0 Å². The summed E-state index contributed by atoms with van der Waals surface area (Å²) in [5, 5.41) is 3.02. The Bertz CT molecular complexity index is 228. The largest absolute Gasteiger partial charge is 0.379 e. The van der Waals surface area contributed by atoms with E-state index in [1.54, 1.807) is 0 Å². The van der Waals surface area contributed by atoms with Crippen molar-refractivity contribution < 1.29 is 9.53 Å². The maximum Gasteiger partial charge on any atom is 0.227 e. The fraction of sp³-hybridized carbons (Fsp3) is 0.900. The number of carbonyl (C=O) groups excluding carboxylic acids is 1. The van der Waals surface area contributed by atoms with Gasteiger partial charge in [-0.3, -0.25) is 4.79 Å². The molecule has 1 saturated heterocycles. The molecule has 14 heavy (non-hydrogen) atoms. The van der Waals surface area contributed by atoms with Gasteiger partial charge in [-0.15, -0.1) is 0 Å². The molecular weight excluding hydrogens is 180 g/mol. The van der Waals surface area contributed by atoms with Crippen LogP contribution < -0.4 is 11.1 Å². The van der Waals surface area contributed by atoms with Gasteiger partial charge in [0.2, 0.25) is 5.91 Å². The lowest BCUT2D eigenvalue weighted by molar-refractivity contribution is -0.126. The Morgan fingerprint density at radius 1 is 1.50 bits per heavy atom. The van der Waals surface area contributed by atoms with E-state index in [1.807, 2.05) is 0 Å². The number of nitrogens with two attached hydrogens (primary N) is 1. The van der Waals surface area contributed by atoms with Crippen molar-refractivity contribution in [2.24, 2.45) is 17.6 Å². The zero-order valence-electron chi connectivity index (χ0n) is 8.53. The number of hydrogen-bond donors (Lipinski definition) is 2. The fourth-order valence-corrected chi connectivity index (χ4v) is 1.89. The number of nitrogens with one attached hydrogen (secondary N) is 1. The van der Waals surface area contributed by atoms with Crippen molar-refractivity contribution in [2.75, 3.05) is 13.2 Å². The van der Waals surface area contributed by atoms with Crippen LogP contribution >= 0.6 is 0 Å². The Morgan fingerprint density at radius 3 is 2.71 bits per heavy atom. The molecule has 1 aliphatic carbocycles. The van der Waals surface area contributed by atoms with E-state index in [9.17, 15) is 4.79 Å². The van der Waals surface area contributed by atoms with Crippen molar-refractivity contribution in [3.05, 3.63) is 0 Å². The molecule has 1 saturated carbocycles. The molecule has 1 aliphatic heterocycles. The second-order valence-electron chi connectivity index (χ2n) is 4.44. The smallest absolute Gasteiger partial charge is 0.227 e. The molecule has 4 nitrogen and oxygen atoms in total. The van der Waals surface area contributed by atoms with Crippen LogP contribution in [0.25, 0.3) is 0 Å². The minimum atomic E-state index is -0.142. The number of hydrogen-bond acceptors (Lipinski definition) is 3. The van der Waals surface area contributed by atoms with E-state index < -0.39 is 0 Å². The first kappa shape index (κ1) is 9.93. The summed E-state index contributed by atoms with van der Waals surface area (Å²) in [5.41, 5.74) is 5.76. The fourth-order valence-electron chi connectivity index (χ4n) is 1.89. The van der Waals surface area contributed by atoms with Gasteiger partial charge in [0.25, 0.3) is 0 Å². The Balaban J connectivity index is 1.81. The Hall–Kier alpha value is -0.610. The highest BCUT2D eigenvalue weighted by molar-refractivity contribution is 5.80. The standard InChI is InChI=1S/C10H18N2O2/c1-6(7-2-3-7)12-10(13)8-4-14-5-9(8)11/h6-9H,2-5,11H2,1H3,(H,12,13). The molecule has 0 spiro atoms. The maximum absolute atomic E-state index is 11.7. The lowest BCUT2D eigenvalue weighted by Gasteiger charge is -2.17. The Kier molecular flexibility index (Phi) is 2.74. The van der Waals surface area contributed by atoms with Gasteiger partial charge in [-0.05, 0) is 25.7 Å². The van der Waals surface area contributed by atoms with Crippen LogP contribution in [0.1, 0.15) is 19.8 Å². The van der Waals surface area contributed by atoms with Crippen LogP contribution in [0.4, 0.5) is 0 Å². The quantitative estimate of drug-likeness (QED) is 0.664. The maximum atomic E-state index is 11.7. The SMILES string of the molecule is CC(NC(=O)C1COCC1N)C1CC1. The molecule has 3 N–H and O–H groups in total. The molecule has 0 radical (unpaired) electrons. The van der Waals surface area contributed by atoms with Crippen LogP contribution in [0.2, 0.25) is 0 Å². The van der Waals surface area contributed by atoms with Gasteiger partial charge in [0, 0.05) is 12.1 Å². The van der Waals surface area contributed by atoms with Crippen LogP contribution in [0.5, 0.6) is 0 Å². The molecule has 0 aromatic rings. The molecule has 2 fully saturated rings. The average Bonchev–Trinajstić information content (AvgIpc) is 2.89. The van der Waals surface area contributed by atoms with E-state index in [4.69, 9.17) is 10.5 Å². The van der Waals surface area contributed by atoms with Gasteiger partial charge in [0.05, 0.1) is 19.1 Å². The summed E-state index contributed by atoms with van der Waals surface area (Å²) in [6, 6.07) is 0.178. The highest BCUT2D eigenvalue weighted by Crippen LogP contribution is 2.32. The van der Waals surface area contributed by atoms with Gasteiger partial charge in [-0.2, -0.15) is 0 Å². The number of rotatable bonds is 3. The van der Waals surface area contributed by atoms with Crippen molar-refractivity contribution in [3.8, 4) is 0 Å². The van der Waals surface area contributed by atoms with Crippen molar-refractivity contribution in [1.82, 2.24) is 5.32 Å². The summed E-state index contributed by atoms with van der Waals surface area (Å²) >= 11 is 0. The molecule has 3 atom stereocenters. The lowest BCUT2D eigenvalue weighted by Crippen LogP contribution is -2.44. The molecule has 0 bridgehead atoms. The summed E-state index contributed by atoms with van der Waals surface area (Å²) in [7, 11) is 0. The highest BCUT2D eigenvalue weighted by Gasteiger charge is 2.34. The summed E-state index contributed by atoms with van der Waals surface area (Å²) in [6.45, 7) is 3.05. The van der Waals surface area contributed by atoms with Crippen LogP contribution in [0.15, 0.2) is 0 Å². The predicted octanol–water partition coefficient (Wildman–Crippen LogP) is -0.125. The van der Waals surface area contributed by atoms with E-state index >= 15 is 0 Å². The minimum Gasteiger partial charge on any atom is -0.379 e. The normalized spacial score (nSPS) is 34.1. The third-order valence-electron chi connectivity index (χ3n) is 3.16. The molecular formula is C10H18N2O2. The highest BCUT2D eigenvalue weighted by atomic mass is 16.5. The van der Waals surface area contributed by atoms with Gasteiger partial charge in [0.15, 0.2) is 0 Å². The van der Waals surface area contributed by atoms with E-state index in [0.717, 1.165) is 0 Å². The number of amides is 1. The van der Waals surface area contributed by atoms with E-state index in [1.165, 1.54) is 12.8 Å². The third kappa shape index (κ3) is 2.07. The number of ether oxygens (including phenoxy) is 1. The molecule has 4 heteroatoms. The summed E-state index contributed by atoms with van der Waals surface area (Å²) in [5.74, 6) is 0.614. The van der Waals surface area contributed by atoms with Gasteiger partial charge in [0.1, 0.15) is 0 Å². The molecule has 1 heterocycles. The van der Waals surface area contributed by atoms with Crippen molar-refractivity contribution in [2.45, 2.75) is 31.8 Å². The van der Waals surface area contributed by atoms with Crippen molar-refractivity contribution in [3.63, 3.8) is 0 Å². The van der Waals surface area contributed by atoms with Gasteiger partial charge in [-0.25, -0.2) is 0 Å². The van der Waals surface area contributed by atoms with Gasteiger partial charge in [-0.1, -0.05) is 0 Å². The molecule has 2 aliphatic rings. The number of carbonyl (C=O) groups is 1. The second-order valence-corrected chi connectivity index (χ2v) is 4.44. The van der Waals surface area contributed by atoms with Crippen molar-refractivity contribution >= 4 is 5.91 Å². The molecule has 0 aromatic carbocycles. The van der Waals surface area contributed by atoms with Crippen molar-refractivity contribution in [1.29, 1.82) is 0 Å². The molecule has 80 valence electrons. The van der Waals surface area contributed by atoms with Crippen LogP contribution in [0.3, 0.4) is 0 Å². The zero-order valence-corrected chi connectivity index (χ0v) is 8.53. The molecule has 2 rings (SSSR count). The lowest BCUT2D eigenvalue weighted by atomic mass is 10.0. The Labute approximate surface area is 84.2 Å². The summed E-state index contributed by atoms with van der Waals surface area (Å²) < 4.78 is 5.16. The van der Waals surface area contributed by atoms with Gasteiger partial charge < -0.3 is 15.8 Å². The summed E-state index contributed by atoms with van der Waals surface area (Å²) in [6.07, 6.45) is 2.49. The third-order valence-corrected chi connectivity index (χ3v) is 3.16. The first-order chi connectivity index (χ1) is 6.68. The molecule has 0 aromatic heterocycles. The average molecular weight is 198 g/mol. The van der Waals surface area contributed by atoms with Crippen LogP contribution in [0, 0.1) is 11.8 Å². The zero-order chi connectivity index (χ0) is 10.1. The van der Waals surface area contributed by atoms with Crippen LogP contribution in [-0.2, 0) is 9.53 Å². The molecule has 3 unspecified atom stereocenters.